The van der Waals surface area contributed by atoms with Crippen molar-refractivity contribution in [3.05, 3.63) is 102 Å². The summed E-state index contributed by atoms with van der Waals surface area (Å²) in [4.78, 5) is 4.16. The molecule has 3 aromatic carbocycles. The smallest absolute Gasteiger partial charge is 0.236 e. The molecule has 4 aromatic rings. The normalized spacial score (nSPS) is 10.4. The minimum absolute atomic E-state index is 0.0948. The maximum absolute atomic E-state index is 13.0. The summed E-state index contributed by atoms with van der Waals surface area (Å²) in [6.45, 7) is 0.475. The number of rotatable bonds is 7. The van der Waals surface area contributed by atoms with Gasteiger partial charge in [0.05, 0.1) is 0 Å². The number of nitriles is 1. The molecule has 0 atom stereocenters. The van der Waals surface area contributed by atoms with E-state index in [-0.39, 0.29) is 24.0 Å². The zero-order chi connectivity index (χ0) is 20.8. The Hall–Kier alpha value is -4.11. The molecular formula is C24H18FN3O2. The first-order valence-corrected chi connectivity index (χ1v) is 9.37. The van der Waals surface area contributed by atoms with Crippen LogP contribution in [0.25, 0.3) is 11.1 Å². The van der Waals surface area contributed by atoms with Gasteiger partial charge in [-0.1, -0.05) is 54.6 Å². The summed E-state index contributed by atoms with van der Waals surface area (Å²) in [5.41, 5.74) is 3.23. The molecular weight excluding hydrogens is 381 g/mol. The fourth-order valence-corrected chi connectivity index (χ4v) is 2.93. The summed E-state index contributed by atoms with van der Waals surface area (Å²) >= 11 is 0. The van der Waals surface area contributed by atoms with Crippen molar-refractivity contribution in [2.75, 3.05) is 5.32 Å². The van der Waals surface area contributed by atoms with Crippen LogP contribution in [0.1, 0.15) is 17.1 Å². The molecule has 1 N–H and O–H groups in total. The second-order valence-corrected chi connectivity index (χ2v) is 6.56. The van der Waals surface area contributed by atoms with Crippen molar-refractivity contribution in [1.82, 2.24) is 4.98 Å². The van der Waals surface area contributed by atoms with Gasteiger partial charge in [0, 0.05) is 6.54 Å². The Bertz CT molecular complexity index is 1150. The third-order valence-electron chi connectivity index (χ3n) is 4.47. The van der Waals surface area contributed by atoms with Gasteiger partial charge in [0.15, 0.2) is 6.61 Å². The molecule has 4 rings (SSSR count). The van der Waals surface area contributed by atoms with Gasteiger partial charge in [0.25, 0.3) is 0 Å². The highest BCUT2D eigenvalue weighted by atomic mass is 19.1. The summed E-state index contributed by atoms with van der Waals surface area (Å²) in [6, 6.07) is 25.9. The summed E-state index contributed by atoms with van der Waals surface area (Å²) in [5, 5.41) is 12.3. The van der Waals surface area contributed by atoms with E-state index in [0.29, 0.717) is 18.2 Å². The Labute approximate surface area is 173 Å². The lowest BCUT2D eigenvalue weighted by Crippen LogP contribution is -1.99. The van der Waals surface area contributed by atoms with Crippen molar-refractivity contribution in [3.8, 4) is 22.9 Å². The monoisotopic (exact) mass is 399 g/mol. The summed E-state index contributed by atoms with van der Waals surface area (Å²) in [6.07, 6.45) is 0. The van der Waals surface area contributed by atoms with Crippen LogP contribution in [0.4, 0.5) is 10.3 Å². The average Bonchev–Trinajstić information content (AvgIpc) is 3.20. The van der Waals surface area contributed by atoms with Crippen molar-refractivity contribution in [2.45, 2.75) is 13.2 Å². The van der Waals surface area contributed by atoms with E-state index in [2.05, 4.69) is 10.3 Å². The topological polar surface area (TPSA) is 71.1 Å². The predicted molar refractivity (Wildman–Crippen MR) is 111 cm³/mol. The zero-order valence-corrected chi connectivity index (χ0v) is 16.0. The molecule has 0 fully saturated rings. The standard InChI is InChI=1S/C24H18FN3O2/c25-20-10-6-17(7-11-20)15-27-24-22(14-26)28-23(30-24)16-29-21-12-8-19(9-13-21)18-4-2-1-3-5-18/h1-13,27H,15-16H2. The second kappa shape index (κ2) is 8.93. The molecule has 0 unspecified atom stereocenters. The minimum Gasteiger partial charge on any atom is -0.484 e. The van der Waals surface area contributed by atoms with E-state index in [4.69, 9.17) is 9.15 Å². The summed E-state index contributed by atoms with van der Waals surface area (Å²) in [5.74, 6) is 0.930. The van der Waals surface area contributed by atoms with Crippen LogP contribution in [0.5, 0.6) is 5.75 Å². The van der Waals surface area contributed by atoms with Crippen molar-refractivity contribution in [2.24, 2.45) is 0 Å². The first-order valence-electron chi connectivity index (χ1n) is 9.37. The van der Waals surface area contributed by atoms with Crippen molar-refractivity contribution in [3.63, 3.8) is 0 Å². The fraction of sp³-hybridized carbons (Fsp3) is 0.0833. The molecule has 0 amide bonds. The van der Waals surface area contributed by atoms with Crippen LogP contribution >= 0.6 is 0 Å². The molecule has 0 aliphatic heterocycles. The predicted octanol–water partition coefficient (Wildman–Crippen LogP) is 5.54. The maximum atomic E-state index is 13.0. The Morgan fingerprint density at radius 1 is 0.933 bits per heavy atom. The minimum atomic E-state index is -0.299. The number of aromatic nitrogens is 1. The van der Waals surface area contributed by atoms with Gasteiger partial charge in [0.2, 0.25) is 17.5 Å². The third kappa shape index (κ3) is 4.65. The molecule has 5 nitrogen and oxygen atoms in total. The molecule has 1 heterocycles. The van der Waals surface area contributed by atoms with Gasteiger partial charge in [-0.15, -0.1) is 0 Å². The number of halogens is 1. The van der Waals surface area contributed by atoms with Gasteiger partial charge in [0.1, 0.15) is 17.6 Å². The zero-order valence-electron chi connectivity index (χ0n) is 16.0. The van der Waals surface area contributed by atoms with Gasteiger partial charge in [-0.25, -0.2) is 4.39 Å². The first kappa shape index (κ1) is 19.2. The average molecular weight is 399 g/mol. The third-order valence-corrected chi connectivity index (χ3v) is 4.47. The van der Waals surface area contributed by atoms with Gasteiger partial charge in [-0.3, -0.25) is 0 Å². The van der Waals surface area contributed by atoms with E-state index in [9.17, 15) is 9.65 Å². The number of nitrogens with zero attached hydrogens (tertiary/aromatic N) is 2. The summed E-state index contributed by atoms with van der Waals surface area (Å²) < 4.78 is 24.4. The number of hydrogen-bond acceptors (Lipinski definition) is 5. The van der Waals surface area contributed by atoms with Crippen LogP contribution in [0, 0.1) is 17.1 Å². The van der Waals surface area contributed by atoms with Crippen LogP contribution < -0.4 is 10.1 Å². The van der Waals surface area contributed by atoms with E-state index in [1.54, 1.807) is 12.1 Å². The lowest BCUT2D eigenvalue weighted by Gasteiger charge is -2.06. The molecule has 0 radical (unpaired) electrons. The molecule has 0 bridgehead atoms. The number of nitrogens with one attached hydrogen (secondary N) is 1. The molecule has 6 heteroatoms. The van der Waals surface area contributed by atoms with Crippen molar-refractivity contribution < 1.29 is 13.5 Å². The van der Waals surface area contributed by atoms with Gasteiger partial charge < -0.3 is 14.5 Å². The number of ether oxygens (including phenoxy) is 1. The SMILES string of the molecule is N#Cc1nc(COc2ccc(-c3ccccc3)cc2)oc1NCc1ccc(F)cc1. The Balaban J connectivity index is 1.38. The van der Waals surface area contributed by atoms with Crippen LogP contribution in [-0.2, 0) is 13.2 Å². The number of hydrogen-bond donors (Lipinski definition) is 1. The lowest BCUT2D eigenvalue weighted by atomic mass is 10.1. The van der Waals surface area contributed by atoms with Crippen molar-refractivity contribution >= 4 is 5.88 Å². The van der Waals surface area contributed by atoms with E-state index in [1.165, 1.54) is 12.1 Å². The Kier molecular flexibility index (Phi) is 5.72. The van der Waals surface area contributed by atoms with Gasteiger partial charge >= 0.3 is 0 Å². The van der Waals surface area contributed by atoms with E-state index < -0.39 is 0 Å². The number of anilines is 1. The van der Waals surface area contributed by atoms with Crippen molar-refractivity contribution in [1.29, 1.82) is 5.26 Å². The molecule has 1 aromatic heterocycles. The van der Waals surface area contributed by atoms with Gasteiger partial charge in [-0.2, -0.15) is 10.2 Å². The van der Waals surface area contributed by atoms with Crippen LogP contribution in [-0.4, -0.2) is 4.98 Å². The fourth-order valence-electron chi connectivity index (χ4n) is 2.93. The highest BCUT2D eigenvalue weighted by molar-refractivity contribution is 5.63. The molecule has 0 aliphatic rings. The maximum Gasteiger partial charge on any atom is 0.236 e. The molecule has 0 saturated carbocycles. The molecule has 148 valence electrons. The van der Waals surface area contributed by atoms with E-state index in [0.717, 1.165) is 16.7 Å². The molecule has 0 aliphatic carbocycles. The first-order chi connectivity index (χ1) is 14.7. The highest BCUT2D eigenvalue weighted by Crippen LogP contribution is 2.23. The van der Waals surface area contributed by atoms with Crippen LogP contribution in [0.3, 0.4) is 0 Å². The molecule has 0 spiro atoms. The number of benzene rings is 3. The van der Waals surface area contributed by atoms with E-state index in [1.807, 2.05) is 60.7 Å². The Morgan fingerprint density at radius 3 is 2.33 bits per heavy atom. The second-order valence-electron chi connectivity index (χ2n) is 6.56. The van der Waals surface area contributed by atoms with Gasteiger partial charge in [-0.05, 0) is 41.0 Å². The number of oxazole rings is 1. The lowest BCUT2D eigenvalue weighted by molar-refractivity contribution is 0.265. The largest absolute Gasteiger partial charge is 0.484 e. The van der Waals surface area contributed by atoms with Crippen LogP contribution in [0.15, 0.2) is 83.3 Å². The molecule has 30 heavy (non-hydrogen) atoms. The highest BCUT2D eigenvalue weighted by Gasteiger charge is 2.13. The van der Waals surface area contributed by atoms with E-state index >= 15 is 0 Å². The Morgan fingerprint density at radius 2 is 1.63 bits per heavy atom. The summed E-state index contributed by atoms with van der Waals surface area (Å²) in [7, 11) is 0. The molecule has 0 saturated heterocycles. The van der Waals surface area contributed by atoms with Crippen LogP contribution in [0.2, 0.25) is 0 Å². The quantitative estimate of drug-likeness (QED) is 0.442.